The first kappa shape index (κ1) is 11.5. The van der Waals surface area contributed by atoms with Crippen molar-refractivity contribution in [1.82, 2.24) is 4.98 Å². The van der Waals surface area contributed by atoms with E-state index in [4.69, 9.17) is 5.73 Å². The van der Waals surface area contributed by atoms with Crippen LogP contribution in [0.5, 0.6) is 0 Å². The molecule has 3 N–H and O–H groups in total. The fraction of sp³-hybridized carbons (Fsp3) is 0.400. The fourth-order valence-corrected chi connectivity index (χ4v) is 2.43. The van der Waals surface area contributed by atoms with E-state index in [0.29, 0.717) is 4.47 Å². The summed E-state index contributed by atoms with van der Waals surface area (Å²) in [6.07, 6.45) is 1.79. The summed E-state index contributed by atoms with van der Waals surface area (Å²) in [5.74, 6) is -1.79. The maximum absolute atomic E-state index is 13.5. The lowest BCUT2D eigenvalue weighted by Crippen LogP contribution is -2.54. The van der Waals surface area contributed by atoms with Crippen LogP contribution in [0.15, 0.2) is 16.7 Å². The van der Waals surface area contributed by atoms with Crippen LogP contribution in [0.25, 0.3) is 0 Å². The lowest BCUT2D eigenvalue weighted by molar-refractivity contribution is -0.148. The zero-order valence-corrected chi connectivity index (χ0v) is 9.87. The van der Waals surface area contributed by atoms with Crippen LogP contribution in [0, 0.1) is 5.95 Å². The zero-order chi connectivity index (χ0) is 11.9. The highest BCUT2D eigenvalue weighted by molar-refractivity contribution is 9.10. The van der Waals surface area contributed by atoms with Gasteiger partial charge in [0, 0.05) is 22.3 Å². The molecule has 6 heteroatoms. The van der Waals surface area contributed by atoms with Crippen molar-refractivity contribution in [2.75, 3.05) is 0 Å². The Morgan fingerprint density at radius 3 is 2.81 bits per heavy atom. The molecule has 0 spiro atoms. The number of nitrogens with two attached hydrogens (primary N) is 1. The van der Waals surface area contributed by atoms with Gasteiger partial charge in [0.05, 0.1) is 0 Å². The predicted molar refractivity (Wildman–Crippen MR) is 58.4 cm³/mol. The lowest BCUT2D eigenvalue weighted by atomic mass is 9.62. The molecule has 1 saturated carbocycles. The molecule has 1 aliphatic rings. The maximum atomic E-state index is 13.5. The second kappa shape index (κ2) is 3.78. The minimum Gasteiger partial charge on any atom is -0.481 e. The van der Waals surface area contributed by atoms with Gasteiger partial charge in [-0.15, -0.1) is 0 Å². The van der Waals surface area contributed by atoms with Crippen LogP contribution < -0.4 is 5.73 Å². The van der Waals surface area contributed by atoms with Crippen LogP contribution in [-0.2, 0) is 10.2 Å². The molecule has 0 radical (unpaired) electrons. The van der Waals surface area contributed by atoms with E-state index in [1.165, 1.54) is 12.3 Å². The monoisotopic (exact) mass is 288 g/mol. The van der Waals surface area contributed by atoms with Crippen LogP contribution in [-0.4, -0.2) is 22.1 Å². The van der Waals surface area contributed by atoms with E-state index >= 15 is 0 Å². The maximum Gasteiger partial charge on any atom is 0.314 e. The second-order valence-electron chi connectivity index (χ2n) is 4.05. The van der Waals surface area contributed by atoms with Gasteiger partial charge in [0.1, 0.15) is 5.41 Å². The van der Waals surface area contributed by atoms with Crippen molar-refractivity contribution in [3.8, 4) is 0 Å². The number of aliphatic carboxylic acids is 1. The second-order valence-corrected chi connectivity index (χ2v) is 4.96. The van der Waals surface area contributed by atoms with Crippen molar-refractivity contribution >= 4 is 21.9 Å². The lowest BCUT2D eigenvalue weighted by Gasteiger charge is -2.42. The smallest absolute Gasteiger partial charge is 0.314 e. The number of aromatic nitrogens is 1. The molecule has 4 nitrogen and oxygen atoms in total. The van der Waals surface area contributed by atoms with Gasteiger partial charge in [0.2, 0.25) is 5.95 Å². The van der Waals surface area contributed by atoms with Crippen LogP contribution in [0.2, 0.25) is 0 Å². The van der Waals surface area contributed by atoms with Gasteiger partial charge >= 0.3 is 5.97 Å². The molecule has 1 heterocycles. The number of rotatable bonds is 2. The number of carboxylic acids is 1. The summed E-state index contributed by atoms with van der Waals surface area (Å²) >= 11 is 3.15. The average molecular weight is 289 g/mol. The Balaban J connectivity index is 2.48. The normalized spacial score (nSPS) is 28.6. The summed E-state index contributed by atoms with van der Waals surface area (Å²) < 4.78 is 14.1. The number of hydrogen-bond donors (Lipinski definition) is 2. The summed E-state index contributed by atoms with van der Waals surface area (Å²) in [5, 5.41) is 9.20. The number of carbonyl (C=O) groups is 1. The van der Waals surface area contributed by atoms with Crippen molar-refractivity contribution in [2.24, 2.45) is 5.73 Å². The highest BCUT2D eigenvalue weighted by Crippen LogP contribution is 2.44. The van der Waals surface area contributed by atoms with Gasteiger partial charge in [-0.1, -0.05) is 0 Å². The number of nitrogens with zero attached hydrogens (tertiary/aromatic N) is 1. The van der Waals surface area contributed by atoms with E-state index in [1.54, 1.807) is 0 Å². The highest BCUT2D eigenvalue weighted by atomic mass is 79.9. The highest BCUT2D eigenvalue weighted by Gasteiger charge is 2.52. The molecule has 0 aromatic carbocycles. The number of hydrogen-bond acceptors (Lipinski definition) is 3. The van der Waals surface area contributed by atoms with E-state index < -0.39 is 17.3 Å². The topological polar surface area (TPSA) is 76.2 Å². The molecule has 0 bridgehead atoms. The van der Waals surface area contributed by atoms with Crippen molar-refractivity contribution in [1.29, 1.82) is 0 Å². The fourth-order valence-electron chi connectivity index (χ4n) is 2.10. The first-order valence-corrected chi connectivity index (χ1v) is 5.55. The van der Waals surface area contributed by atoms with Gasteiger partial charge in [-0.3, -0.25) is 4.79 Å². The van der Waals surface area contributed by atoms with E-state index in [-0.39, 0.29) is 24.4 Å². The number of pyridine rings is 1. The Labute approximate surface area is 99.8 Å². The van der Waals surface area contributed by atoms with E-state index in [9.17, 15) is 14.3 Å². The first-order chi connectivity index (χ1) is 7.45. The van der Waals surface area contributed by atoms with E-state index in [1.807, 2.05) is 0 Å². The molecule has 1 fully saturated rings. The molecule has 16 heavy (non-hydrogen) atoms. The van der Waals surface area contributed by atoms with Crippen LogP contribution >= 0.6 is 15.9 Å². The van der Waals surface area contributed by atoms with Crippen LogP contribution in [0.1, 0.15) is 18.4 Å². The molecular formula is C10H10BrFN2O2. The third-order valence-electron chi connectivity index (χ3n) is 2.95. The average Bonchev–Trinajstić information content (AvgIpc) is 2.16. The van der Waals surface area contributed by atoms with Crippen molar-refractivity contribution in [3.63, 3.8) is 0 Å². The van der Waals surface area contributed by atoms with Gasteiger partial charge in [-0.25, -0.2) is 4.98 Å². The Kier molecular flexibility index (Phi) is 2.71. The Hall–Kier alpha value is -1.01. The molecule has 0 unspecified atom stereocenters. The molecule has 0 atom stereocenters. The van der Waals surface area contributed by atoms with Crippen LogP contribution in [0.3, 0.4) is 0 Å². The van der Waals surface area contributed by atoms with Gasteiger partial charge in [0.25, 0.3) is 0 Å². The molecule has 1 aromatic heterocycles. The van der Waals surface area contributed by atoms with Gasteiger partial charge in [-0.05, 0) is 34.8 Å². The molecule has 0 amide bonds. The summed E-state index contributed by atoms with van der Waals surface area (Å²) in [6, 6.07) is 1.27. The summed E-state index contributed by atoms with van der Waals surface area (Å²) in [4.78, 5) is 14.8. The standard InChI is InChI=1S/C10H10BrFN2O2/c11-5-1-7(8(12)14-4-5)10(9(15)16)2-6(13)3-10/h1,4,6H,2-3,13H2,(H,15,16). The van der Waals surface area contributed by atoms with Crippen molar-refractivity contribution < 1.29 is 14.3 Å². The Morgan fingerprint density at radius 1 is 1.69 bits per heavy atom. The number of halogens is 2. The molecule has 2 rings (SSSR count). The zero-order valence-electron chi connectivity index (χ0n) is 8.28. The summed E-state index contributed by atoms with van der Waals surface area (Å²) in [7, 11) is 0. The SMILES string of the molecule is NC1CC(C(=O)O)(c2cc(Br)cnc2F)C1. The predicted octanol–water partition coefficient (Wildman–Crippen LogP) is 1.43. The van der Waals surface area contributed by atoms with Crippen LogP contribution in [0.4, 0.5) is 4.39 Å². The van der Waals surface area contributed by atoms with Crippen molar-refractivity contribution in [3.05, 3.63) is 28.2 Å². The minimum atomic E-state index is -1.21. The molecular weight excluding hydrogens is 279 g/mol. The Morgan fingerprint density at radius 2 is 2.31 bits per heavy atom. The van der Waals surface area contributed by atoms with E-state index in [2.05, 4.69) is 20.9 Å². The quantitative estimate of drug-likeness (QED) is 0.807. The third kappa shape index (κ3) is 1.62. The van der Waals surface area contributed by atoms with Gasteiger partial charge in [-0.2, -0.15) is 4.39 Å². The molecule has 1 aromatic rings. The molecule has 1 aliphatic carbocycles. The number of carboxylic acid groups (broad SMARTS) is 1. The first-order valence-electron chi connectivity index (χ1n) is 4.76. The molecule has 0 aliphatic heterocycles. The Bertz CT molecular complexity index is 446. The van der Waals surface area contributed by atoms with Gasteiger partial charge < -0.3 is 10.8 Å². The molecule has 86 valence electrons. The largest absolute Gasteiger partial charge is 0.481 e. The van der Waals surface area contributed by atoms with Crippen molar-refractivity contribution in [2.45, 2.75) is 24.3 Å². The van der Waals surface area contributed by atoms with Gasteiger partial charge in [0.15, 0.2) is 0 Å². The third-order valence-corrected chi connectivity index (χ3v) is 3.39. The summed E-state index contributed by atoms with van der Waals surface area (Å²) in [5.41, 5.74) is 4.50. The molecule has 0 saturated heterocycles. The summed E-state index contributed by atoms with van der Waals surface area (Å²) in [6.45, 7) is 0. The minimum absolute atomic E-state index is 0.107. The van der Waals surface area contributed by atoms with E-state index in [0.717, 1.165) is 0 Å².